The Bertz CT molecular complexity index is 679. The normalized spacial score (nSPS) is 25.7. The van der Waals surface area contributed by atoms with E-state index in [-0.39, 0.29) is 16.6 Å². The van der Waals surface area contributed by atoms with Crippen molar-refractivity contribution in [3.8, 4) is 0 Å². The lowest BCUT2D eigenvalue weighted by Gasteiger charge is -2.37. The Balaban J connectivity index is 2.25. The summed E-state index contributed by atoms with van der Waals surface area (Å²) in [5.41, 5.74) is 5.44. The van der Waals surface area contributed by atoms with Gasteiger partial charge in [-0.2, -0.15) is 0 Å². The van der Waals surface area contributed by atoms with Gasteiger partial charge in [-0.25, -0.2) is 13.1 Å². The van der Waals surface area contributed by atoms with Crippen molar-refractivity contribution < 1.29 is 13.2 Å². The Morgan fingerprint density at radius 2 is 2.04 bits per heavy atom. The number of hydrogen-bond donors (Lipinski definition) is 2. The first-order chi connectivity index (χ1) is 10.6. The van der Waals surface area contributed by atoms with E-state index in [9.17, 15) is 13.2 Å². The van der Waals surface area contributed by atoms with Gasteiger partial charge in [-0.1, -0.05) is 27.2 Å². The molecule has 0 spiro atoms. The standard InChI is InChI=1S/C16H27N3O3S/c1-10(2)13-6-5-11(3)7-14(13)18-23(21,22)12-8-15(16(17)20)19(4)9-12/h8-11,13-14,18H,5-7H2,1-4H3,(H2,17,20)/t11-,13-,14-/m1/s1. The van der Waals surface area contributed by atoms with Gasteiger partial charge in [-0.3, -0.25) is 4.79 Å². The number of primary amides is 1. The van der Waals surface area contributed by atoms with Gasteiger partial charge < -0.3 is 10.3 Å². The number of carbonyl (C=O) groups is 1. The molecule has 0 saturated heterocycles. The van der Waals surface area contributed by atoms with Gasteiger partial charge in [-0.05, 0) is 36.7 Å². The Hall–Kier alpha value is -1.34. The summed E-state index contributed by atoms with van der Waals surface area (Å²) in [4.78, 5) is 11.4. The van der Waals surface area contributed by atoms with Crippen LogP contribution in [0.15, 0.2) is 17.2 Å². The minimum atomic E-state index is -3.66. The third-order valence-electron chi connectivity index (χ3n) is 4.87. The highest BCUT2D eigenvalue weighted by atomic mass is 32.2. The highest BCUT2D eigenvalue weighted by molar-refractivity contribution is 7.89. The summed E-state index contributed by atoms with van der Waals surface area (Å²) in [6.45, 7) is 6.43. The maximum Gasteiger partial charge on any atom is 0.265 e. The van der Waals surface area contributed by atoms with Crippen LogP contribution in [-0.4, -0.2) is 24.9 Å². The van der Waals surface area contributed by atoms with E-state index in [1.54, 1.807) is 7.05 Å². The summed E-state index contributed by atoms with van der Waals surface area (Å²) in [7, 11) is -2.05. The largest absolute Gasteiger partial charge is 0.364 e. The molecule has 3 atom stereocenters. The van der Waals surface area contributed by atoms with Crippen molar-refractivity contribution in [1.82, 2.24) is 9.29 Å². The molecule has 1 aromatic rings. The molecule has 0 bridgehead atoms. The van der Waals surface area contributed by atoms with Crippen LogP contribution in [0.3, 0.4) is 0 Å². The number of aryl methyl sites for hydroxylation is 1. The molecule has 1 aliphatic rings. The molecule has 23 heavy (non-hydrogen) atoms. The second kappa shape index (κ2) is 6.65. The molecule has 7 heteroatoms. The second-order valence-corrected chi connectivity index (χ2v) is 8.80. The topological polar surface area (TPSA) is 94.2 Å². The summed E-state index contributed by atoms with van der Waals surface area (Å²) >= 11 is 0. The molecule has 0 unspecified atom stereocenters. The van der Waals surface area contributed by atoms with Crippen LogP contribution in [0.25, 0.3) is 0 Å². The predicted octanol–water partition coefficient (Wildman–Crippen LogP) is 1.86. The second-order valence-electron chi connectivity index (χ2n) is 7.09. The van der Waals surface area contributed by atoms with E-state index >= 15 is 0 Å². The minimum Gasteiger partial charge on any atom is -0.364 e. The smallest absolute Gasteiger partial charge is 0.265 e. The molecule has 0 aromatic carbocycles. The van der Waals surface area contributed by atoms with E-state index in [1.165, 1.54) is 16.8 Å². The average Bonchev–Trinajstić information content (AvgIpc) is 2.81. The molecule has 1 aliphatic carbocycles. The average molecular weight is 341 g/mol. The zero-order valence-electron chi connectivity index (χ0n) is 14.2. The molecule has 130 valence electrons. The lowest BCUT2D eigenvalue weighted by atomic mass is 9.74. The monoisotopic (exact) mass is 341 g/mol. The van der Waals surface area contributed by atoms with Crippen molar-refractivity contribution in [3.05, 3.63) is 18.0 Å². The number of hydrogen-bond acceptors (Lipinski definition) is 3. The van der Waals surface area contributed by atoms with Crippen molar-refractivity contribution >= 4 is 15.9 Å². The van der Waals surface area contributed by atoms with Crippen molar-refractivity contribution in [2.24, 2.45) is 30.5 Å². The zero-order chi connectivity index (χ0) is 17.4. The maximum atomic E-state index is 12.7. The van der Waals surface area contributed by atoms with Crippen molar-refractivity contribution in [3.63, 3.8) is 0 Å². The van der Waals surface area contributed by atoms with Crippen LogP contribution in [0.2, 0.25) is 0 Å². The van der Waals surface area contributed by atoms with E-state index in [2.05, 4.69) is 25.5 Å². The molecule has 1 fully saturated rings. The molecule has 6 nitrogen and oxygen atoms in total. The number of sulfonamides is 1. The van der Waals surface area contributed by atoms with Gasteiger partial charge in [-0.15, -0.1) is 0 Å². The molecule has 1 heterocycles. The molecule has 0 radical (unpaired) electrons. The van der Waals surface area contributed by atoms with E-state index in [1.807, 2.05) is 0 Å². The third kappa shape index (κ3) is 3.95. The first-order valence-electron chi connectivity index (χ1n) is 8.10. The lowest BCUT2D eigenvalue weighted by molar-refractivity contribution is 0.0992. The molecule has 2 rings (SSSR count). The van der Waals surface area contributed by atoms with Crippen LogP contribution in [0, 0.1) is 17.8 Å². The fourth-order valence-electron chi connectivity index (χ4n) is 3.53. The first-order valence-corrected chi connectivity index (χ1v) is 9.58. The van der Waals surface area contributed by atoms with Gasteiger partial charge in [0.2, 0.25) is 10.0 Å². The van der Waals surface area contributed by atoms with Crippen LogP contribution in [0.1, 0.15) is 50.5 Å². The number of rotatable bonds is 5. The van der Waals surface area contributed by atoms with Crippen LogP contribution < -0.4 is 10.5 Å². The molecular formula is C16H27N3O3S. The van der Waals surface area contributed by atoms with Gasteiger partial charge in [0.05, 0.1) is 0 Å². The molecular weight excluding hydrogens is 314 g/mol. The Labute approximate surface area is 138 Å². The summed E-state index contributed by atoms with van der Waals surface area (Å²) < 4.78 is 29.7. The minimum absolute atomic E-state index is 0.0685. The number of carbonyl (C=O) groups excluding carboxylic acids is 1. The van der Waals surface area contributed by atoms with Gasteiger partial charge in [0, 0.05) is 19.3 Å². The van der Waals surface area contributed by atoms with Crippen LogP contribution in [-0.2, 0) is 17.1 Å². The molecule has 1 amide bonds. The Kier molecular flexibility index (Phi) is 5.20. The molecule has 1 aromatic heterocycles. The van der Waals surface area contributed by atoms with E-state index in [0.717, 1.165) is 19.3 Å². The van der Waals surface area contributed by atoms with E-state index in [0.29, 0.717) is 17.8 Å². The van der Waals surface area contributed by atoms with Crippen molar-refractivity contribution in [2.45, 2.75) is 51.0 Å². The number of nitrogens with one attached hydrogen (secondary N) is 1. The predicted molar refractivity (Wildman–Crippen MR) is 89.4 cm³/mol. The van der Waals surface area contributed by atoms with Crippen molar-refractivity contribution in [2.75, 3.05) is 0 Å². The molecule has 3 N–H and O–H groups in total. The van der Waals surface area contributed by atoms with Crippen LogP contribution in [0.4, 0.5) is 0 Å². The summed E-state index contributed by atoms with van der Waals surface area (Å²) in [5.74, 6) is 0.627. The molecule has 1 saturated carbocycles. The highest BCUT2D eigenvalue weighted by Crippen LogP contribution is 2.34. The SMILES string of the molecule is CC(C)[C@H]1CC[C@@H](C)C[C@H]1NS(=O)(=O)c1cc(C(N)=O)n(C)c1. The summed E-state index contributed by atoms with van der Waals surface area (Å²) in [5, 5.41) is 0. The third-order valence-corrected chi connectivity index (χ3v) is 6.33. The van der Waals surface area contributed by atoms with Crippen molar-refractivity contribution in [1.29, 1.82) is 0 Å². The number of aromatic nitrogens is 1. The fraction of sp³-hybridized carbons (Fsp3) is 0.688. The molecule has 0 aliphatic heterocycles. The first kappa shape index (κ1) is 18.0. The van der Waals surface area contributed by atoms with Gasteiger partial charge in [0.15, 0.2) is 0 Å². The quantitative estimate of drug-likeness (QED) is 0.856. The number of nitrogens with zero attached hydrogens (tertiary/aromatic N) is 1. The number of nitrogens with two attached hydrogens (primary N) is 1. The zero-order valence-corrected chi connectivity index (χ0v) is 15.1. The number of amides is 1. The van der Waals surface area contributed by atoms with Crippen LogP contribution >= 0.6 is 0 Å². The van der Waals surface area contributed by atoms with Gasteiger partial charge in [0.1, 0.15) is 10.6 Å². The summed E-state index contributed by atoms with van der Waals surface area (Å²) in [6, 6.07) is 1.27. The van der Waals surface area contributed by atoms with E-state index in [4.69, 9.17) is 5.73 Å². The Morgan fingerprint density at radius 3 is 2.57 bits per heavy atom. The van der Waals surface area contributed by atoms with Crippen LogP contribution in [0.5, 0.6) is 0 Å². The van der Waals surface area contributed by atoms with E-state index < -0.39 is 15.9 Å². The Morgan fingerprint density at radius 1 is 1.39 bits per heavy atom. The maximum absolute atomic E-state index is 12.7. The van der Waals surface area contributed by atoms with Gasteiger partial charge >= 0.3 is 0 Å². The summed E-state index contributed by atoms with van der Waals surface area (Å²) in [6.07, 6.45) is 4.45. The fourth-order valence-corrected chi connectivity index (χ4v) is 4.90. The highest BCUT2D eigenvalue weighted by Gasteiger charge is 2.34. The lowest BCUT2D eigenvalue weighted by Crippen LogP contribution is -2.45. The van der Waals surface area contributed by atoms with Gasteiger partial charge in [0.25, 0.3) is 5.91 Å².